The van der Waals surface area contributed by atoms with E-state index in [1.54, 1.807) is 24.3 Å². The zero-order chi connectivity index (χ0) is 11.1. The summed E-state index contributed by atoms with van der Waals surface area (Å²) in [4.78, 5) is 11.7. The van der Waals surface area contributed by atoms with Gasteiger partial charge in [0, 0.05) is 5.56 Å². The van der Waals surface area contributed by atoms with Crippen LogP contribution >= 0.6 is 0 Å². The summed E-state index contributed by atoms with van der Waals surface area (Å²) in [5.74, 6) is -0.501. The molecule has 0 saturated carbocycles. The number of carbonyl (C=O) groups excluding carboxylic acids is 1. The van der Waals surface area contributed by atoms with Crippen molar-refractivity contribution in [2.45, 2.75) is 18.1 Å². The van der Waals surface area contributed by atoms with Crippen molar-refractivity contribution in [2.75, 3.05) is 0 Å². The van der Waals surface area contributed by atoms with Crippen molar-refractivity contribution in [1.82, 2.24) is 0 Å². The van der Waals surface area contributed by atoms with E-state index >= 15 is 0 Å². The van der Waals surface area contributed by atoms with Gasteiger partial charge >= 0.3 is 51.4 Å². The molecule has 4 nitrogen and oxygen atoms in total. The summed E-state index contributed by atoms with van der Waals surface area (Å²) >= 11 is 0. The standard InChI is InChI=1S/C10H10O4S.K.H/c11-10-8-4-2-1-3-7(8)5-6-9(10)15(12,13)14;;/h1-4,9H,5-6H2,(H,12,13,14);;/q;+1;-1. The molecule has 6 heteroatoms. The van der Waals surface area contributed by atoms with E-state index in [1.807, 2.05) is 0 Å². The molecule has 82 valence electrons. The van der Waals surface area contributed by atoms with E-state index in [9.17, 15) is 13.2 Å². The van der Waals surface area contributed by atoms with Gasteiger partial charge < -0.3 is 1.43 Å². The normalized spacial score (nSPS) is 19.8. The quantitative estimate of drug-likeness (QED) is 0.480. The molecule has 0 amide bonds. The molecule has 1 N–H and O–H groups in total. The van der Waals surface area contributed by atoms with Crippen LogP contribution in [0.25, 0.3) is 0 Å². The fourth-order valence-electron chi connectivity index (χ4n) is 1.85. The molecule has 1 aliphatic carbocycles. The van der Waals surface area contributed by atoms with E-state index in [4.69, 9.17) is 4.55 Å². The van der Waals surface area contributed by atoms with Crippen LogP contribution in [0, 0.1) is 0 Å². The minimum absolute atomic E-state index is 0. The van der Waals surface area contributed by atoms with Gasteiger partial charge in [0.1, 0.15) is 5.25 Å². The Morgan fingerprint density at radius 2 is 1.94 bits per heavy atom. The van der Waals surface area contributed by atoms with Crippen molar-refractivity contribution in [3.8, 4) is 0 Å². The number of fused-ring (bicyclic) bond motifs is 1. The Labute approximate surface area is 138 Å². The van der Waals surface area contributed by atoms with Crippen LogP contribution in [0.3, 0.4) is 0 Å². The van der Waals surface area contributed by atoms with E-state index in [0.29, 0.717) is 12.0 Å². The molecule has 0 radical (unpaired) electrons. The predicted molar refractivity (Wildman–Crippen MR) is 55.5 cm³/mol. The van der Waals surface area contributed by atoms with Crippen LogP contribution in [-0.4, -0.2) is 24.0 Å². The van der Waals surface area contributed by atoms with Crippen molar-refractivity contribution < 1.29 is 70.6 Å². The second-order valence-corrected chi connectivity index (χ2v) is 5.16. The number of benzene rings is 1. The second kappa shape index (κ2) is 5.39. The summed E-state index contributed by atoms with van der Waals surface area (Å²) in [5, 5.41) is -1.28. The molecule has 0 aromatic heterocycles. The van der Waals surface area contributed by atoms with E-state index in [2.05, 4.69) is 0 Å². The van der Waals surface area contributed by atoms with Gasteiger partial charge in [-0.2, -0.15) is 8.42 Å². The van der Waals surface area contributed by atoms with Crippen molar-refractivity contribution in [3.63, 3.8) is 0 Å². The maximum atomic E-state index is 11.7. The third-order valence-corrected chi connectivity index (χ3v) is 3.78. The molecule has 0 bridgehead atoms. The van der Waals surface area contributed by atoms with Crippen LogP contribution < -0.4 is 51.4 Å². The molecule has 1 aliphatic rings. The van der Waals surface area contributed by atoms with Gasteiger partial charge in [0.15, 0.2) is 5.78 Å². The van der Waals surface area contributed by atoms with Gasteiger partial charge in [-0.25, -0.2) is 0 Å². The summed E-state index contributed by atoms with van der Waals surface area (Å²) in [6, 6.07) is 6.88. The van der Waals surface area contributed by atoms with Gasteiger partial charge in [0.2, 0.25) is 0 Å². The Morgan fingerprint density at radius 3 is 2.56 bits per heavy atom. The number of hydrogen-bond donors (Lipinski definition) is 1. The van der Waals surface area contributed by atoms with Crippen LogP contribution in [0.1, 0.15) is 23.8 Å². The predicted octanol–water partition coefficient (Wildman–Crippen LogP) is -1.81. The molecule has 16 heavy (non-hydrogen) atoms. The number of carbonyl (C=O) groups is 1. The van der Waals surface area contributed by atoms with Gasteiger partial charge in [0.25, 0.3) is 10.1 Å². The zero-order valence-corrected chi connectivity index (χ0v) is 12.8. The van der Waals surface area contributed by atoms with Gasteiger partial charge in [-0.15, -0.1) is 0 Å². The van der Waals surface area contributed by atoms with Crippen molar-refractivity contribution in [1.29, 1.82) is 0 Å². The summed E-state index contributed by atoms with van der Waals surface area (Å²) in [6.07, 6.45) is 0.668. The van der Waals surface area contributed by atoms with Crippen molar-refractivity contribution in [2.24, 2.45) is 0 Å². The largest absolute Gasteiger partial charge is 1.00 e. The van der Waals surface area contributed by atoms with Crippen molar-refractivity contribution >= 4 is 15.9 Å². The summed E-state index contributed by atoms with van der Waals surface area (Å²) in [7, 11) is -4.27. The monoisotopic (exact) mass is 266 g/mol. The van der Waals surface area contributed by atoms with Crippen LogP contribution in [0.2, 0.25) is 0 Å². The fraction of sp³-hybridized carbons (Fsp3) is 0.300. The maximum Gasteiger partial charge on any atom is 1.00 e. The Hall–Kier alpha value is 0.436. The Morgan fingerprint density at radius 1 is 1.31 bits per heavy atom. The first-order valence-corrected chi connectivity index (χ1v) is 6.09. The second-order valence-electron chi connectivity index (χ2n) is 3.56. The molecule has 0 heterocycles. The fourth-order valence-corrected chi connectivity index (χ4v) is 2.67. The van der Waals surface area contributed by atoms with Gasteiger partial charge in [-0.1, -0.05) is 24.3 Å². The smallest absolute Gasteiger partial charge is 1.00 e. The average Bonchev–Trinajstić information content (AvgIpc) is 2.16. The number of rotatable bonds is 1. The van der Waals surface area contributed by atoms with E-state index < -0.39 is 21.2 Å². The van der Waals surface area contributed by atoms with E-state index in [-0.39, 0.29) is 59.2 Å². The Kier molecular flexibility index (Phi) is 4.88. The Bertz CT molecular complexity index is 515. The third kappa shape index (κ3) is 2.81. The van der Waals surface area contributed by atoms with Crippen LogP contribution in [0.15, 0.2) is 24.3 Å². The molecule has 2 rings (SSSR count). The number of Topliss-reactive ketones (excluding diaryl/α,β-unsaturated/α-hetero) is 1. The van der Waals surface area contributed by atoms with E-state index in [0.717, 1.165) is 5.56 Å². The van der Waals surface area contributed by atoms with Crippen LogP contribution in [-0.2, 0) is 16.5 Å². The van der Waals surface area contributed by atoms with Gasteiger partial charge in [-0.05, 0) is 18.4 Å². The molecule has 0 saturated heterocycles. The van der Waals surface area contributed by atoms with Gasteiger partial charge in [0.05, 0.1) is 0 Å². The number of hydrogen-bond acceptors (Lipinski definition) is 3. The first kappa shape index (κ1) is 14.5. The first-order valence-electron chi connectivity index (χ1n) is 4.58. The third-order valence-electron chi connectivity index (χ3n) is 2.61. The SMILES string of the molecule is O=C1c2ccccc2CCC1S(=O)(=O)O.[H-].[K+]. The Balaban J connectivity index is 0.00000128. The zero-order valence-electron chi connectivity index (χ0n) is 9.88. The first-order chi connectivity index (χ1) is 7.00. The topological polar surface area (TPSA) is 71.4 Å². The molecule has 1 unspecified atom stereocenters. The summed E-state index contributed by atoms with van der Waals surface area (Å²) < 4.78 is 30.8. The number of aryl methyl sites for hydroxylation is 1. The number of ketones is 1. The molecule has 0 aliphatic heterocycles. The molecule has 1 aromatic rings. The minimum Gasteiger partial charge on any atom is -1.00 e. The summed E-state index contributed by atoms with van der Waals surface area (Å²) in [5.41, 5.74) is 1.26. The van der Waals surface area contributed by atoms with Crippen molar-refractivity contribution in [3.05, 3.63) is 35.4 Å². The molecular weight excluding hydrogens is 255 g/mol. The summed E-state index contributed by atoms with van der Waals surface area (Å²) in [6.45, 7) is 0. The molecule has 0 fully saturated rings. The van der Waals surface area contributed by atoms with Crippen LogP contribution in [0.5, 0.6) is 0 Å². The van der Waals surface area contributed by atoms with Crippen LogP contribution in [0.4, 0.5) is 0 Å². The van der Waals surface area contributed by atoms with E-state index in [1.165, 1.54) is 0 Å². The molecule has 1 atom stereocenters. The maximum absolute atomic E-state index is 11.7. The van der Waals surface area contributed by atoms with Gasteiger partial charge in [-0.3, -0.25) is 9.35 Å². The molecule has 1 aromatic carbocycles. The molecular formula is C10H11KO4S. The minimum atomic E-state index is -4.27. The molecule has 0 spiro atoms. The average molecular weight is 266 g/mol.